The maximum absolute atomic E-state index is 10.4. The Morgan fingerprint density at radius 1 is 1.03 bits per heavy atom. The molecule has 4 rings (SSSR count). The number of fused-ring (bicyclic) bond motifs is 5. The zero-order valence-electron chi connectivity index (χ0n) is 22.2. The Morgan fingerprint density at radius 2 is 1.78 bits per heavy atom. The highest BCUT2D eigenvalue weighted by atomic mass is 16.5. The average Bonchev–Trinajstić information content (AvgIpc) is 3.11. The van der Waals surface area contributed by atoms with Crippen LogP contribution in [0.25, 0.3) is 0 Å². The van der Waals surface area contributed by atoms with Crippen molar-refractivity contribution in [1.82, 2.24) is 0 Å². The van der Waals surface area contributed by atoms with Gasteiger partial charge in [0.15, 0.2) is 0 Å². The van der Waals surface area contributed by atoms with Gasteiger partial charge in [-0.1, -0.05) is 66.0 Å². The molecule has 1 N–H and O–H groups in total. The third-order valence-electron chi connectivity index (χ3n) is 11.6. The number of methoxy groups -OCH3 is 1. The van der Waals surface area contributed by atoms with E-state index in [4.69, 9.17) is 4.74 Å². The SMILES string of the molecule is CC[C@H](CC[C@@H](C)[C@H]1CC[C@H]2[C@@H]3[C@H](OC)C=C4C[C@@H](O)CC[C@]4(C)[C@H]3CC[C@]12C)C(C)C. The topological polar surface area (TPSA) is 29.5 Å². The van der Waals surface area contributed by atoms with E-state index in [1.54, 1.807) is 0 Å². The molecule has 0 saturated heterocycles. The fourth-order valence-corrected chi connectivity index (χ4v) is 9.49. The molecule has 0 amide bonds. The third-order valence-corrected chi connectivity index (χ3v) is 11.6. The molecule has 10 atom stereocenters. The van der Waals surface area contributed by atoms with Crippen LogP contribution in [0.4, 0.5) is 0 Å². The second-order valence-electron chi connectivity index (χ2n) is 13.2. The van der Waals surface area contributed by atoms with E-state index < -0.39 is 0 Å². The summed E-state index contributed by atoms with van der Waals surface area (Å²) in [5, 5.41) is 10.4. The zero-order valence-corrected chi connectivity index (χ0v) is 22.2. The van der Waals surface area contributed by atoms with Crippen molar-refractivity contribution in [2.75, 3.05) is 7.11 Å². The van der Waals surface area contributed by atoms with E-state index in [0.717, 1.165) is 54.8 Å². The van der Waals surface area contributed by atoms with Crippen LogP contribution in [0, 0.1) is 52.3 Å². The van der Waals surface area contributed by atoms with E-state index in [1.165, 1.54) is 50.5 Å². The Kier molecular flexibility index (Phi) is 7.25. The lowest BCUT2D eigenvalue weighted by molar-refractivity contribution is -0.106. The van der Waals surface area contributed by atoms with Gasteiger partial charge >= 0.3 is 0 Å². The molecule has 2 nitrogen and oxygen atoms in total. The predicted molar refractivity (Wildman–Crippen MR) is 134 cm³/mol. The van der Waals surface area contributed by atoms with Gasteiger partial charge in [-0.3, -0.25) is 0 Å². The Bertz CT molecular complexity index is 682. The fourth-order valence-electron chi connectivity index (χ4n) is 9.49. The summed E-state index contributed by atoms with van der Waals surface area (Å²) in [5.41, 5.74) is 2.28. The molecule has 4 aliphatic carbocycles. The summed E-state index contributed by atoms with van der Waals surface area (Å²) in [5.74, 6) is 5.62. The average molecular weight is 445 g/mol. The van der Waals surface area contributed by atoms with E-state index in [1.807, 2.05) is 7.11 Å². The van der Waals surface area contributed by atoms with Crippen LogP contribution in [-0.2, 0) is 4.74 Å². The lowest BCUT2D eigenvalue weighted by Gasteiger charge is -2.60. The van der Waals surface area contributed by atoms with Crippen molar-refractivity contribution in [3.63, 3.8) is 0 Å². The first-order chi connectivity index (χ1) is 15.2. The first-order valence-electron chi connectivity index (χ1n) is 14.1. The molecule has 0 bridgehead atoms. The van der Waals surface area contributed by atoms with Crippen LogP contribution >= 0.6 is 0 Å². The van der Waals surface area contributed by atoms with Crippen molar-refractivity contribution < 1.29 is 9.84 Å². The van der Waals surface area contributed by atoms with Crippen molar-refractivity contribution in [2.45, 2.75) is 118 Å². The van der Waals surface area contributed by atoms with Crippen LogP contribution in [0.15, 0.2) is 11.6 Å². The summed E-state index contributed by atoms with van der Waals surface area (Å²) in [7, 11) is 1.93. The van der Waals surface area contributed by atoms with Crippen LogP contribution in [0.2, 0.25) is 0 Å². The molecule has 2 heteroatoms. The van der Waals surface area contributed by atoms with Crippen LogP contribution < -0.4 is 0 Å². The molecule has 0 aromatic rings. The summed E-state index contributed by atoms with van der Waals surface area (Å²) in [4.78, 5) is 0. The summed E-state index contributed by atoms with van der Waals surface area (Å²) in [6.45, 7) is 15.0. The van der Waals surface area contributed by atoms with E-state index in [0.29, 0.717) is 11.3 Å². The maximum atomic E-state index is 10.4. The summed E-state index contributed by atoms with van der Waals surface area (Å²) in [6, 6.07) is 0. The van der Waals surface area contributed by atoms with Gasteiger partial charge in [0, 0.05) is 7.11 Å². The molecular formula is C30H52O2. The van der Waals surface area contributed by atoms with Crippen LogP contribution in [0.1, 0.15) is 106 Å². The van der Waals surface area contributed by atoms with Crippen molar-refractivity contribution >= 4 is 0 Å². The fraction of sp³-hybridized carbons (Fsp3) is 0.933. The quantitative estimate of drug-likeness (QED) is 0.409. The number of hydrogen-bond donors (Lipinski definition) is 1. The summed E-state index contributed by atoms with van der Waals surface area (Å²) < 4.78 is 6.20. The Labute approximate surface area is 199 Å². The van der Waals surface area contributed by atoms with Crippen LogP contribution in [-0.4, -0.2) is 24.4 Å². The standard InChI is InChI=1S/C30H52O2/c1-8-21(19(2)3)10-9-20(4)24-11-12-25-28-26(14-16-30(24,25)6)29(5)15-13-23(31)17-22(29)18-27(28)32-7/h18-21,23-28,31H,8-17H2,1-7H3/t20-,21-,23+,24-,25+,26+,27-,28+,29+,30-/m1/s1. The summed E-state index contributed by atoms with van der Waals surface area (Å²) >= 11 is 0. The summed E-state index contributed by atoms with van der Waals surface area (Å²) in [6.07, 6.45) is 15.3. The molecule has 3 saturated carbocycles. The van der Waals surface area contributed by atoms with Gasteiger partial charge in [0.1, 0.15) is 0 Å². The van der Waals surface area contributed by atoms with Gasteiger partial charge in [-0.25, -0.2) is 0 Å². The highest BCUT2D eigenvalue weighted by Crippen LogP contribution is 2.67. The second-order valence-corrected chi connectivity index (χ2v) is 13.2. The minimum absolute atomic E-state index is 0.147. The lowest BCUT2D eigenvalue weighted by atomic mass is 9.46. The Balaban J connectivity index is 1.54. The van der Waals surface area contributed by atoms with Crippen LogP contribution in [0.3, 0.4) is 0 Å². The van der Waals surface area contributed by atoms with Crippen LogP contribution in [0.5, 0.6) is 0 Å². The van der Waals surface area contributed by atoms with E-state index >= 15 is 0 Å². The first-order valence-corrected chi connectivity index (χ1v) is 14.1. The molecule has 0 aliphatic heterocycles. The molecule has 0 spiro atoms. The van der Waals surface area contributed by atoms with Gasteiger partial charge in [-0.15, -0.1) is 0 Å². The Morgan fingerprint density at radius 3 is 2.44 bits per heavy atom. The van der Waals surface area contributed by atoms with Gasteiger partial charge in [-0.05, 0) is 104 Å². The molecule has 32 heavy (non-hydrogen) atoms. The molecule has 3 fully saturated rings. The minimum Gasteiger partial charge on any atom is -0.393 e. The molecule has 0 aromatic heterocycles. The van der Waals surface area contributed by atoms with Gasteiger partial charge in [0.05, 0.1) is 12.2 Å². The van der Waals surface area contributed by atoms with Gasteiger partial charge < -0.3 is 9.84 Å². The number of hydrogen-bond acceptors (Lipinski definition) is 2. The molecule has 0 unspecified atom stereocenters. The monoisotopic (exact) mass is 444 g/mol. The van der Waals surface area contributed by atoms with Crippen molar-refractivity contribution in [1.29, 1.82) is 0 Å². The number of aliphatic hydroxyl groups is 1. The van der Waals surface area contributed by atoms with Crippen molar-refractivity contribution in [3.05, 3.63) is 11.6 Å². The molecule has 4 aliphatic rings. The van der Waals surface area contributed by atoms with E-state index in [2.05, 4.69) is 47.6 Å². The third kappa shape index (κ3) is 4.04. The van der Waals surface area contributed by atoms with Crippen molar-refractivity contribution in [3.8, 4) is 0 Å². The predicted octanol–water partition coefficient (Wildman–Crippen LogP) is 7.65. The highest BCUT2D eigenvalue weighted by Gasteiger charge is 2.61. The Hall–Kier alpha value is -0.340. The molecule has 0 radical (unpaired) electrons. The molecular weight excluding hydrogens is 392 g/mol. The highest BCUT2D eigenvalue weighted by molar-refractivity contribution is 5.28. The minimum atomic E-state index is -0.147. The second kappa shape index (κ2) is 9.37. The molecule has 0 aromatic carbocycles. The zero-order chi connectivity index (χ0) is 23.3. The first kappa shape index (κ1) is 24.8. The van der Waals surface area contributed by atoms with E-state index in [-0.39, 0.29) is 17.6 Å². The number of ether oxygens (including phenoxy) is 1. The maximum Gasteiger partial charge on any atom is 0.0788 e. The van der Waals surface area contributed by atoms with Gasteiger partial charge in [-0.2, -0.15) is 0 Å². The molecule has 184 valence electrons. The normalized spacial score (nSPS) is 45.6. The smallest absolute Gasteiger partial charge is 0.0788 e. The number of rotatable bonds is 7. The number of aliphatic hydroxyl groups excluding tert-OH is 1. The molecule has 0 heterocycles. The van der Waals surface area contributed by atoms with Crippen molar-refractivity contribution in [2.24, 2.45) is 52.3 Å². The van der Waals surface area contributed by atoms with E-state index in [9.17, 15) is 5.11 Å². The largest absolute Gasteiger partial charge is 0.393 e. The van der Waals surface area contributed by atoms with Gasteiger partial charge in [0.2, 0.25) is 0 Å². The van der Waals surface area contributed by atoms with Gasteiger partial charge in [0.25, 0.3) is 0 Å². The lowest BCUT2D eigenvalue weighted by Crippen LogP contribution is -2.55.